The van der Waals surface area contributed by atoms with Gasteiger partial charge in [-0.25, -0.2) is 8.42 Å². The molecule has 0 unspecified atom stereocenters. The zero-order chi connectivity index (χ0) is 21.1. The van der Waals surface area contributed by atoms with Gasteiger partial charge in [-0.05, 0) is 44.2 Å². The van der Waals surface area contributed by atoms with Crippen molar-refractivity contribution < 1.29 is 22.9 Å². The lowest BCUT2D eigenvalue weighted by atomic mass is 10.2. The van der Waals surface area contributed by atoms with Crippen LogP contribution in [0.3, 0.4) is 0 Å². The van der Waals surface area contributed by atoms with E-state index in [2.05, 4.69) is 5.32 Å². The fourth-order valence-corrected chi connectivity index (χ4v) is 3.69. The second-order valence-corrected chi connectivity index (χ2v) is 8.23. The minimum Gasteiger partial charge on any atom is -0.495 e. The molecule has 0 bridgehead atoms. The number of nitrogens with one attached hydrogen (secondary N) is 1. The molecule has 0 heterocycles. The molecule has 0 aliphatic rings. The number of nitro groups is 1. The van der Waals surface area contributed by atoms with Gasteiger partial charge in [0.05, 0.1) is 22.6 Å². The minimum absolute atomic E-state index is 0.0631. The lowest BCUT2D eigenvalue weighted by Gasteiger charge is -2.21. The van der Waals surface area contributed by atoms with Crippen LogP contribution in [0, 0.1) is 10.1 Å². The van der Waals surface area contributed by atoms with Crippen LogP contribution in [-0.2, 0) is 10.0 Å². The van der Waals surface area contributed by atoms with Crippen LogP contribution in [0.25, 0.3) is 0 Å². The molecule has 10 heteroatoms. The Labute approximate surface area is 163 Å². The molecular formula is C18H21N3O6S. The fourth-order valence-electron chi connectivity index (χ4n) is 2.32. The van der Waals surface area contributed by atoms with Crippen LogP contribution < -0.4 is 10.1 Å². The minimum atomic E-state index is -3.66. The predicted octanol–water partition coefficient (Wildman–Crippen LogP) is 2.88. The first-order valence-electron chi connectivity index (χ1n) is 8.29. The van der Waals surface area contributed by atoms with E-state index in [1.54, 1.807) is 13.8 Å². The first-order valence-corrected chi connectivity index (χ1v) is 9.73. The fraction of sp³-hybridized carbons (Fsp3) is 0.278. The Kier molecular flexibility index (Phi) is 6.37. The van der Waals surface area contributed by atoms with Crippen molar-refractivity contribution in [1.82, 2.24) is 4.31 Å². The van der Waals surface area contributed by atoms with Crippen molar-refractivity contribution in [2.24, 2.45) is 0 Å². The molecule has 2 aromatic carbocycles. The Hall–Kier alpha value is -2.98. The molecule has 0 aliphatic heterocycles. The van der Waals surface area contributed by atoms with Gasteiger partial charge in [-0.1, -0.05) is 0 Å². The molecule has 0 atom stereocenters. The number of carbonyl (C=O) groups excluding carboxylic acids is 1. The van der Waals surface area contributed by atoms with Gasteiger partial charge in [-0.15, -0.1) is 0 Å². The van der Waals surface area contributed by atoms with Crippen LogP contribution in [0.1, 0.15) is 24.2 Å². The zero-order valence-electron chi connectivity index (χ0n) is 15.9. The van der Waals surface area contributed by atoms with Crippen molar-refractivity contribution in [3.05, 3.63) is 58.1 Å². The maximum Gasteiger partial charge on any atom is 0.271 e. The molecule has 0 radical (unpaired) electrons. The number of hydrogen-bond donors (Lipinski definition) is 1. The van der Waals surface area contributed by atoms with Crippen LogP contribution in [0.5, 0.6) is 5.75 Å². The van der Waals surface area contributed by atoms with E-state index in [1.807, 2.05) is 0 Å². The van der Waals surface area contributed by atoms with Crippen molar-refractivity contribution in [2.45, 2.75) is 24.8 Å². The lowest BCUT2D eigenvalue weighted by molar-refractivity contribution is -0.384. The largest absolute Gasteiger partial charge is 0.495 e. The molecular weight excluding hydrogens is 386 g/mol. The highest BCUT2D eigenvalue weighted by Crippen LogP contribution is 2.29. The average Bonchev–Trinajstić information content (AvgIpc) is 2.67. The molecule has 0 saturated heterocycles. The number of amides is 1. The number of rotatable bonds is 7. The van der Waals surface area contributed by atoms with Crippen molar-refractivity contribution in [2.75, 3.05) is 19.5 Å². The number of benzene rings is 2. The van der Waals surface area contributed by atoms with Gasteiger partial charge in [0.25, 0.3) is 11.6 Å². The maximum absolute atomic E-state index is 12.5. The third-order valence-corrected chi connectivity index (χ3v) is 6.21. The molecule has 9 nitrogen and oxygen atoms in total. The van der Waals surface area contributed by atoms with E-state index >= 15 is 0 Å². The third-order valence-electron chi connectivity index (χ3n) is 4.16. The van der Waals surface area contributed by atoms with Crippen LogP contribution in [0.15, 0.2) is 47.4 Å². The molecule has 0 spiro atoms. The number of non-ortho nitro benzene ring substituents is 1. The number of nitrogens with zero attached hydrogens (tertiary/aromatic N) is 2. The first kappa shape index (κ1) is 21.3. The quantitative estimate of drug-likeness (QED) is 0.557. The summed E-state index contributed by atoms with van der Waals surface area (Å²) in [4.78, 5) is 22.9. The molecule has 2 aromatic rings. The average molecular weight is 407 g/mol. The van der Waals surface area contributed by atoms with E-state index < -0.39 is 20.9 Å². The molecule has 2 rings (SSSR count). The summed E-state index contributed by atoms with van der Waals surface area (Å²) in [5.74, 6) is -0.295. The van der Waals surface area contributed by atoms with E-state index in [0.717, 1.165) is 0 Å². The van der Waals surface area contributed by atoms with Crippen LogP contribution in [0.2, 0.25) is 0 Å². The number of carbonyl (C=O) groups is 1. The summed E-state index contributed by atoms with van der Waals surface area (Å²) in [6.45, 7) is 3.51. The summed E-state index contributed by atoms with van der Waals surface area (Å²) in [6.07, 6.45) is 0. The van der Waals surface area contributed by atoms with Gasteiger partial charge in [0.1, 0.15) is 5.75 Å². The maximum atomic E-state index is 12.5. The van der Waals surface area contributed by atoms with Gasteiger partial charge >= 0.3 is 0 Å². The predicted molar refractivity (Wildman–Crippen MR) is 104 cm³/mol. The smallest absolute Gasteiger partial charge is 0.271 e. The third kappa shape index (κ3) is 4.46. The van der Waals surface area contributed by atoms with E-state index in [0.29, 0.717) is 0 Å². The number of anilines is 1. The molecule has 0 aromatic heterocycles. The summed E-state index contributed by atoms with van der Waals surface area (Å²) in [5, 5.41) is 13.5. The van der Waals surface area contributed by atoms with Gasteiger partial charge in [0.15, 0.2) is 0 Å². The Balaban J connectivity index is 2.27. The summed E-state index contributed by atoms with van der Waals surface area (Å²) in [7, 11) is -0.801. The highest BCUT2D eigenvalue weighted by molar-refractivity contribution is 7.89. The second kappa shape index (κ2) is 8.36. The first-order chi connectivity index (χ1) is 13.1. The number of hydrogen-bond acceptors (Lipinski definition) is 6. The zero-order valence-corrected chi connectivity index (χ0v) is 16.7. The van der Waals surface area contributed by atoms with Crippen molar-refractivity contribution in [1.29, 1.82) is 0 Å². The summed E-state index contributed by atoms with van der Waals surface area (Å²) < 4.78 is 31.3. The normalized spacial score (nSPS) is 11.5. The van der Waals surface area contributed by atoms with Gasteiger partial charge in [0, 0.05) is 30.8 Å². The van der Waals surface area contributed by atoms with E-state index in [-0.39, 0.29) is 33.6 Å². The van der Waals surface area contributed by atoms with Crippen molar-refractivity contribution >= 4 is 27.3 Å². The van der Waals surface area contributed by atoms with Crippen LogP contribution in [-0.4, -0.2) is 43.8 Å². The van der Waals surface area contributed by atoms with Gasteiger partial charge in [-0.3, -0.25) is 14.9 Å². The summed E-state index contributed by atoms with van der Waals surface area (Å²) >= 11 is 0. The van der Waals surface area contributed by atoms with Crippen LogP contribution >= 0.6 is 0 Å². The second-order valence-electron chi connectivity index (χ2n) is 6.24. The molecule has 0 fully saturated rings. The number of ether oxygens (including phenoxy) is 1. The number of methoxy groups -OCH3 is 1. The Morgan fingerprint density at radius 2 is 1.79 bits per heavy atom. The van der Waals surface area contributed by atoms with Crippen LogP contribution in [0.4, 0.5) is 11.4 Å². The van der Waals surface area contributed by atoms with Crippen molar-refractivity contribution in [3.8, 4) is 5.75 Å². The monoisotopic (exact) mass is 407 g/mol. The topological polar surface area (TPSA) is 119 Å². The van der Waals surface area contributed by atoms with Crippen molar-refractivity contribution in [3.63, 3.8) is 0 Å². The van der Waals surface area contributed by atoms with E-state index in [1.165, 1.54) is 60.9 Å². The highest BCUT2D eigenvalue weighted by Gasteiger charge is 2.23. The number of sulfonamides is 1. The standard InChI is InChI=1S/C18H21N3O6S/c1-12(2)20(3)28(25,26)15-8-5-13(6-9-15)18(22)19-16-11-14(21(23)24)7-10-17(16)27-4/h5-12H,1-4H3,(H,19,22). The van der Waals surface area contributed by atoms with Gasteiger partial charge in [-0.2, -0.15) is 4.31 Å². The molecule has 0 aliphatic carbocycles. The number of nitro benzene ring substituents is 1. The summed E-state index contributed by atoms with van der Waals surface area (Å²) in [6, 6.07) is 9.05. The lowest BCUT2D eigenvalue weighted by Crippen LogP contribution is -2.33. The van der Waals surface area contributed by atoms with E-state index in [4.69, 9.17) is 4.74 Å². The molecule has 1 amide bonds. The van der Waals surface area contributed by atoms with Gasteiger partial charge < -0.3 is 10.1 Å². The van der Waals surface area contributed by atoms with Gasteiger partial charge in [0.2, 0.25) is 10.0 Å². The molecule has 150 valence electrons. The van der Waals surface area contributed by atoms with E-state index in [9.17, 15) is 23.3 Å². The Morgan fingerprint density at radius 1 is 1.18 bits per heavy atom. The molecule has 1 N–H and O–H groups in total. The molecule has 28 heavy (non-hydrogen) atoms. The SMILES string of the molecule is COc1ccc([N+](=O)[O-])cc1NC(=O)c1ccc(S(=O)(=O)N(C)C(C)C)cc1. The Morgan fingerprint density at radius 3 is 2.29 bits per heavy atom. The highest BCUT2D eigenvalue weighted by atomic mass is 32.2. The molecule has 0 saturated carbocycles. The summed E-state index contributed by atoms with van der Waals surface area (Å²) in [5.41, 5.74) is 0.131. The Bertz CT molecular complexity index is 987.